The summed E-state index contributed by atoms with van der Waals surface area (Å²) in [6.07, 6.45) is 1.68. The monoisotopic (exact) mass is 410 g/mol. The predicted molar refractivity (Wildman–Crippen MR) is 103 cm³/mol. The zero-order chi connectivity index (χ0) is 19.3. The van der Waals surface area contributed by atoms with E-state index in [4.69, 9.17) is 4.74 Å². The van der Waals surface area contributed by atoms with Gasteiger partial charge in [0.2, 0.25) is 20.0 Å². The van der Waals surface area contributed by atoms with Crippen LogP contribution in [0.15, 0.2) is 59.5 Å². The van der Waals surface area contributed by atoms with E-state index in [0.717, 1.165) is 12.8 Å². The summed E-state index contributed by atoms with van der Waals surface area (Å²) >= 11 is 0. The molecule has 2 aromatic carbocycles. The van der Waals surface area contributed by atoms with Crippen molar-refractivity contribution in [3.05, 3.63) is 60.2 Å². The van der Waals surface area contributed by atoms with Crippen molar-refractivity contribution in [3.63, 3.8) is 0 Å². The normalized spacial score (nSPS) is 17.7. The quantitative estimate of drug-likeness (QED) is 0.694. The summed E-state index contributed by atoms with van der Waals surface area (Å²) in [6, 6.07) is 14.4. The van der Waals surface area contributed by atoms with Gasteiger partial charge in [0.05, 0.1) is 16.8 Å². The van der Waals surface area contributed by atoms with E-state index in [1.54, 1.807) is 24.3 Å². The maximum absolute atomic E-state index is 12.3. The summed E-state index contributed by atoms with van der Waals surface area (Å²) in [7, 11) is -7.25. The molecule has 0 spiro atoms. The highest BCUT2D eigenvalue weighted by Crippen LogP contribution is 2.17. The molecule has 1 atom stereocenters. The number of hydrogen-bond donors (Lipinski definition) is 2. The summed E-state index contributed by atoms with van der Waals surface area (Å²) in [4.78, 5) is 0.0755. The van der Waals surface area contributed by atoms with Gasteiger partial charge in [-0.2, -0.15) is 0 Å². The molecule has 0 amide bonds. The standard InChI is InChI=1S/C18H22N2O5S2/c21-26(22,14-15-5-2-1-3-6-15)20-16-8-10-18(11-9-16)27(23,24)19-13-17-7-4-12-25-17/h1-3,5-6,8-11,17,19-20H,4,7,12-14H2/t17-/m1/s1. The Morgan fingerprint density at radius 1 is 0.963 bits per heavy atom. The number of nitrogens with one attached hydrogen (secondary N) is 2. The molecule has 146 valence electrons. The van der Waals surface area contributed by atoms with Gasteiger partial charge in [-0.3, -0.25) is 4.72 Å². The maximum atomic E-state index is 12.3. The maximum Gasteiger partial charge on any atom is 0.240 e. The highest BCUT2D eigenvalue weighted by Gasteiger charge is 2.20. The van der Waals surface area contributed by atoms with Crippen LogP contribution in [0.25, 0.3) is 0 Å². The molecule has 0 aliphatic carbocycles. The number of sulfonamides is 2. The molecule has 9 heteroatoms. The van der Waals surface area contributed by atoms with E-state index in [1.807, 2.05) is 6.07 Å². The highest BCUT2D eigenvalue weighted by molar-refractivity contribution is 7.92. The largest absolute Gasteiger partial charge is 0.377 e. The third kappa shape index (κ3) is 5.77. The van der Waals surface area contributed by atoms with Crippen molar-refractivity contribution in [2.24, 2.45) is 0 Å². The Labute approximate surface area is 159 Å². The summed E-state index contributed by atoms with van der Waals surface area (Å²) in [5.74, 6) is -0.156. The number of ether oxygens (including phenoxy) is 1. The SMILES string of the molecule is O=S(=O)(Cc1ccccc1)Nc1ccc(S(=O)(=O)NC[C@H]2CCCO2)cc1. The minimum atomic E-state index is -3.66. The average molecular weight is 411 g/mol. The number of hydrogen-bond acceptors (Lipinski definition) is 5. The van der Waals surface area contributed by atoms with Crippen LogP contribution < -0.4 is 9.44 Å². The lowest BCUT2D eigenvalue weighted by Crippen LogP contribution is -2.31. The number of anilines is 1. The topological polar surface area (TPSA) is 102 Å². The Kier molecular flexibility index (Phi) is 6.15. The van der Waals surface area contributed by atoms with Gasteiger partial charge in [0, 0.05) is 18.8 Å². The molecule has 2 aromatic rings. The smallest absolute Gasteiger partial charge is 0.240 e. The second-order valence-corrected chi connectivity index (χ2v) is 9.85. The predicted octanol–water partition coefficient (Wildman–Crippen LogP) is 2.09. The minimum Gasteiger partial charge on any atom is -0.377 e. The Balaban J connectivity index is 1.62. The molecule has 0 bridgehead atoms. The molecular weight excluding hydrogens is 388 g/mol. The summed E-state index contributed by atoms with van der Waals surface area (Å²) in [5, 5.41) is 0. The van der Waals surface area contributed by atoms with Gasteiger partial charge in [-0.15, -0.1) is 0 Å². The first-order valence-electron chi connectivity index (χ1n) is 8.60. The Morgan fingerprint density at radius 3 is 2.30 bits per heavy atom. The van der Waals surface area contributed by atoms with Crippen molar-refractivity contribution in [1.82, 2.24) is 4.72 Å². The molecule has 27 heavy (non-hydrogen) atoms. The number of benzene rings is 2. The Bertz CT molecular complexity index is 953. The molecule has 1 saturated heterocycles. The van der Waals surface area contributed by atoms with E-state index < -0.39 is 20.0 Å². The van der Waals surface area contributed by atoms with Crippen molar-refractivity contribution < 1.29 is 21.6 Å². The molecule has 1 heterocycles. The van der Waals surface area contributed by atoms with E-state index in [0.29, 0.717) is 17.9 Å². The zero-order valence-corrected chi connectivity index (χ0v) is 16.3. The lowest BCUT2D eigenvalue weighted by atomic mass is 10.2. The van der Waals surface area contributed by atoms with Gasteiger partial charge in [-0.1, -0.05) is 30.3 Å². The Hall–Kier alpha value is -1.94. The van der Waals surface area contributed by atoms with Crippen LogP contribution >= 0.6 is 0 Å². The first-order chi connectivity index (χ1) is 12.8. The molecule has 1 fully saturated rings. The van der Waals surface area contributed by atoms with Crippen LogP contribution in [-0.4, -0.2) is 36.1 Å². The fourth-order valence-electron chi connectivity index (χ4n) is 2.80. The lowest BCUT2D eigenvalue weighted by molar-refractivity contribution is 0.114. The van der Waals surface area contributed by atoms with E-state index >= 15 is 0 Å². The van der Waals surface area contributed by atoms with Crippen LogP contribution in [0, 0.1) is 0 Å². The van der Waals surface area contributed by atoms with Crippen molar-refractivity contribution in [1.29, 1.82) is 0 Å². The average Bonchev–Trinajstić information content (AvgIpc) is 3.14. The zero-order valence-electron chi connectivity index (χ0n) is 14.7. The van der Waals surface area contributed by atoms with E-state index in [-0.39, 0.29) is 23.3 Å². The fourth-order valence-corrected chi connectivity index (χ4v) is 5.07. The van der Waals surface area contributed by atoms with E-state index in [9.17, 15) is 16.8 Å². The van der Waals surface area contributed by atoms with E-state index in [2.05, 4.69) is 9.44 Å². The van der Waals surface area contributed by atoms with Crippen molar-refractivity contribution in [2.45, 2.75) is 29.6 Å². The van der Waals surface area contributed by atoms with Gasteiger partial charge in [-0.05, 0) is 42.7 Å². The van der Waals surface area contributed by atoms with Gasteiger partial charge in [-0.25, -0.2) is 21.6 Å². The van der Waals surface area contributed by atoms with Crippen LogP contribution in [-0.2, 0) is 30.5 Å². The van der Waals surface area contributed by atoms with Crippen LogP contribution in [0.4, 0.5) is 5.69 Å². The van der Waals surface area contributed by atoms with Gasteiger partial charge in [0.25, 0.3) is 0 Å². The van der Waals surface area contributed by atoms with Crippen molar-refractivity contribution in [2.75, 3.05) is 17.9 Å². The molecule has 0 unspecified atom stereocenters. The summed E-state index contributed by atoms with van der Waals surface area (Å²) in [5.41, 5.74) is 0.978. The third-order valence-electron chi connectivity index (χ3n) is 4.16. The molecule has 0 radical (unpaired) electrons. The fraction of sp³-hybridized carbons (Fsp3) is 0.333. The molecule has 0 saturated carbocycles. The minimum absolute atomic E-state index is 0.0755. The third-order valence-corrected chi connectivity index (χ3v) is 6.86. The molecule has 1 aliphatic heterocycles. The van der Waals surface area contributed by atoms with Crippen LogP contribution in [0.1, 0.15) is 18.4 Å². The first-order valence-corrected chi connectivity index (χ1v) is 11.7. The Morgan fingerprint density at radius 2 is 1.67 bits per heavy atom. The van der Waals surface area contributed by atoms with E-state index in [1.165, 1.54) is 24.3 Å². The van der Waals surface area contributed by atoms with Crippen molar-refractivity contribution >= 4 is 25.7 Å². The van der Waals surface area contributed by atoms with Gasteiger partial charge < -0.3 is 4.74 Å². The van der Waals surface area contributed by atoms with Gasteiger partial charge in [0.1, 0.15) is 0 Å². The van der Waals surface area contributed by atoms with Crippen LogP contribution in [0.5, 0.6) is 0 Å². The molecule has 1 aliphatic rings. The summed E-state index contributed by atoms with van der Waals surface area (Å²) < 4.78 is 59.5. The second kappa shape index (κ2) is 8.39. The summed E-state index contributed by atoms with van der Waals surface area (Å²) in [6.45, 7) is 0.887. The molecule has 3 rings (SSSR count). The van der Waals surface area contributed by atoms with Gasteiger partial charge in [0.15, 0.2) is 0 Å². The number of rotatable bonds is 8. The molecular formula is C18H22N2O5S2. The molecule has 0 aromatic heterocycles. The highest BCUT2D eigenvalue weighted by atomic mass is 32.2. The molecule has 7 nitrogen and oxygen atoms in total. The lowest BCUT2D eigenvalue weighted by Gasteiger charge is -2.12. The molecule has 2 N–H and O–H groups in total. The van der Waals surface area contributed by atoms with Gasteiger partial charge >= 0.3 is 0 Å². The van der Waals surface area contributed by atoms with Crippen LogP contribution in [0.2, 0.25) is 0 Å². The second-order valence-electron chi connectivity index (χ2n) is 6.36. The van der Waals surface area contributed by atoms with Crippen LogP contribution in [0.3, 0.4) is 0 Å². The first kappa shape index (κ1) is 19.8. The van der Waals surface area contributed by atoms with Crippen molar-refractivity contribution in [3.8, 4) is 0 Å².